The molecule has 7 heteroatoms. The van der Waals surface area contributed by atoms with Crippen LogP contribution in [0.5, 0.6) is 0 Å². The van der Waals surface area contributed by atoms with Crippen LogP contribution in [-0.2, 0) is 9.53 Å². The predicted octanol–water partition coefficient (Wildman–Crippen LogP) is 0.951. The molecule has 0 bridgehead atoms. The van der Waals surface area contributed by atoms with Crippen LogP contribution in [0.15, 0.2) is 18.3 Å². The maximum Gasteiger partial charge on any atom is 0.251 e. The monoisotopic (exact) mass is 334 g/mol. The number of morpholine rings is 1. The number of pyridine rings is 1. The van der Waals surface area contributed by atoms with E-state index in [1.165, 1.54) is 0 Å². The van der Waals surface area contributed by atoms with Gasteiger partial charge < -0.3 is 20.3 Å². The molecule has 2 rings (SSSR count). The lowest BCUT2D eigenvalue weighted by molar-refractivity contribution is -0.121. The van der Waals surface area contributed by atoms with Crippen molar-refractivity contribution in [2.45, 2.75) is 39.3 Å². The number of ether oxygens (including phenoxy) is 1. The van der Waals surface area contributed by atoms with E-state index in [9.17, 15) is 9.59 Å². The van der Waals surface area contributed by atoms with Gasteiger partial charge in [-0.15, -0.1) is 0 Å². The second kappa shape index (κ2) is 8.63. The zero-order valence-corrected chi connectivity index (χ0v) is 14.5. The van der Waals surface area contributed by atoms with Gasteiger partial charge in [-0.25, -0.2) is 4.98 Å². The predicted molar refractivity (Wildman–Crippen MR) is 92.1 cm³/mol. The average Bonchev–Trinajstić information content (AvgIpc) is 2.54. The Kier molecular flexibility index (Phi) is 6.54. The van der Waals surface area contributed by atoms with Crippen molar-refractivity contribution < 1.29 is 14.3 Å². The van der Waals surface area contributed by atoms with Crippen LogP contribution >= 0.6 is 0 Å². The molecule has 1 aromatic rings. The number of rotatable bonds is 6. The number of carbonyl (C=O) groups excluding carboxylic acids is 2. The second-order valence-corrected chi connectivity index (χ2v) is 6.26. The Morgan fingerprint density at radius 2 is 2.25 bits per heavy atom. The molecule has 1 atom stereocenters. The van der Waals surface area contributed by atoms with Gasteiger partial charge in [0.05, 0.1) is 12.7 Å². The zero-order chi connectivity index (χ0) is 17.5. The number of hydrogen-bond acceptors (Lipinski definition) is 5. The molecule has 7 nitrogen and oxygen atoms in total. The molecular formula is C17H26N4O3. The molecule has 132 valence electrons. The first-order valence-electron chi connectivity index (χ1n) is 8.36. The molecule has 0 spiro atoms. The number of carbonyl (C=O) groups is 2. The average molecular weight is 334 g/mol. The van der Waals surface area contributed by atoms with E-state index in [0.717, 1.165) is 18.9 Å². The number of amides is 2. The first-order chi connectivity index (χ1) is 11.5. The van der Waals surface area contributed by atoms with Crippen LogP contribution < -0.4 is 15.5 Å². The number of nitrogens with zero attached hydrogens (tertiary/aromatic N) is 2. The van der Waals surface area contributed by atoms with Crippen LogP contribution in [0, 0.1) is 0 Å². The molecule has 0 aliphatic carbocycles. The summed E-state index contributed by atoms with van der Waals surface area (Å²) in [7, 11) is 0. The fraction of sp³-hybridized carbons (Fsp3) is 0.588. The van der Waals surface area contributed by atoms with Crippen LogP contribution in [0.3, 0.4) is 0 Å². The van der Waals surface area contributed by atoms with Crippen molar-refractivity contribution >= 4 is 17.6 Å². The van der Waals surface area contributed by atoms with Crippen LogP contribution in [-0.4, -0.2) is 55.2 Å². The fourth-order valence-electron chi connectivity index (χ4n) is 2.54. The van der Waals surface area contributed by atoms with Gasteiger partial charge in [-0.2, -0.15) is 0 Å². The highest BCUT2D eigenvalue weighted by Crippen LogP contribution is 2.16. The molecule has 1 aliphatic rings. The SMILES string of the molecule is CC(C)NC(=O)CCNC(=O)c1ccnc(N2CCO[C@H](C)C2)c1. The Bertz CT molecular complexity index is 577. The highest BCUT2D eigenvalue weighted by Gasteiger charge is 2.19. The number of nitrogens with one attached hydrogen (secondary N) is 2. The first kappa shape index (κ1) is 18.2. The van der Waals surface area contributed by atoms with Gasteiger partial charge in [0.15, 0.2) is 0 Å². The molecule has 1 saturated heterocycles. The zero-order valence-electron chi connectivity index (χ0n) is 14.5. The molecule has 1 aromatic heterocycles. The number of anilines is 1. The molecule has 2 heterocycles. The van der Waals surface area contributed by atoms with E-state index >= 15 is 0 Å². The molecule has 24 heavy (non-hydrogen) atoms. The molecule has 0 radical (unpaired) electrons. The van der Waals surface area contributed by atoms with E-state index in [-0.39, 0.29) is 30.4 Å². The maximum absolute atomic E-state index is 12.2. The van der Waals surface area contributed by atoms with Gasteiger partial charge >= 0.3 is 0 Å². The lowest BCUT2D eigenvalue weighted by Crippen LogP contribution is -2.41. The summed E-state index contributed by atoms with van der Waals surface area (Å²) >= 11 is 0. The Balaban J connectivity index is 1.88. The van der Waals surface area contributed by atoms with Crippen LogP contribution in [0.1, 0.15) is 37.6 Å². The Hall–Kier alpha value is -2.15. The topological polar surface area (TPSA) is 83.6 Å². The van der Waals surface area contributed by atoms with Gasteiger partial charge in [0.2, 0.25) is 5.91 Å². The van der Waals surface area contributed by atoms with E-state index in [1.54, 1.807) is 18.3 Å². The lowest BCUT2D eigenvalue weighted by Gasteiger charge is -2.32. The van der Waals surface area contributed by atoms with Gasteiger partial charge in [-0.05, 0) is 32.9 Å². The van der Waals surface area contributed by atoms with E-state index in [0.29, 0.717) is 18.7 Å². The smallest absolute Gasteiger partial charge is 0.251 e. The van der Waals surface area contributed by atoms with E-state index < -0.39 is 0 Å². The Labute approximate surface area is 142 Å². The van der Waals surface area contributed by atoms with Gasteiger partial charge in [-0.1, -0.05) is 0 Å². The summed E-state index contributed by atoms with van der Waals surface area (Å²) < 4.78 is 5.52. The standard InChI is InChI=1S/C17H26N4O3/c1-12(2)20-16(22)5-7-19-17(23)14-4-6-18-15(10-14)21-8-9-24-13(3)11-21/h4,6,10,12-13H,5,7-9,11H2,1-3H3,(H,19,23)(H,20,22)/t13-/m1/s1. The van der Waals surface area contributed by atoms with Gasteiger partial charge in [0, 0.05) is 43.9 Å². The van der Waals surface area contributed by atoms with Crippen molar-refractivity contribution in [1.82, 2.24) is 15.6 Å². The van der Waals surface area contributed by atoms with E-state index in [1.807, 2.05) is 20.8 Å². The van der Waals surface area contributed by atoms with Crippen molar-refractivity contribution in [2.75, 3.05) is 31.1 Å². The van der Waals surface area contributed by atoms with Crippen LogP contribution in [0.25, 0.3) is 0 Å². The van der Waals surface area contributed by atoms with E-state index in [4.69, 9.17) is 4.74 Å². The van der Waals surface area contributed by atoms with Gasteiger partial charge in [-0.3, -0.25) is 9.59 Å². The highest BCUT2D eigenvalue weighted by molar-refractivity contribution is 5.95. The fourth-order valence-corrected chi connectivity index (χ4v) is 2.54. The molecule has 0 aromatic carbocycles. The summed E-state index contributed by atoms with van der Waals surface area (Å²) in [6, 6.07) is 3.56. The minimum absolute atomic E-state index is 0.0666. The van der Waals surface area contributed by atoms with E-state index in [2.05, 4.69) is 20.5 Å². The van der Waals surface area contributed by atoms with Crippen molar-refractivity contribution in [2.24, 2.45) is 0 Å². The van der Waals surface area contributed by atoms with Crippen LogP contribution in [0.2, 0.25) is 0 Å². The minimum atomic E-state index is -0.197. The number of aromatic nitrogens is 1. The number of hydrogen-bond donors (Lipinski definition) is 2. The summed E-state index contributed by atoms with van der Waals surface area (Å²) in [6.45, 7) is 8.31. The quantitative estimate of drug-likeness (QED) is 0.809. The van der Waals surface area contributed by atoms with Crippen molar-refractivity contribution in [3.8, 4) is 0 Å². The summed E-state index contributed by atoms with van der Waals surface area (Å²) in [5, 5.41) is 5.57. The molecule has 1 fully saturated rings. The minimum Gasteiger partial charge on any atom is -0.375 e. The Morgan fingerprint density at radius 1 is 1.46 bits per heavy atom. The lowest BCUT2D eigenvalue weighted by atomic mass is 10.2. The van der Waals surface area contributed by atoms with Gasteiger partial charge in [0.25, 0.3) is 5.91 Å². The highest BCUT2D eigenvalue weighted by atomic mass is 16.5. The third kappa shape index (κ3) is 5.49. The third-order valence-electron chi connectivity index (χ3n) is 3.66. The third-order valence-corrected chi connectivity index (χ3v) is 3.66. The summed E-state index contributed by atoms with van der Waals surface area (Å²) in [4.78, 5) is 30.3. The van der Waals surface area contributed by atoms with Crippen molar-refractivity contribution in [3.63, 3.8) is 0 Å². The van der Waals surface area contributed by atoms with Crippen LogP contribution in [0.4, 0.5) is 5.82 Å². The normalized spacial score (nSPS) is 17.7. The Morgan fingerprint density at radius 3 is 2.96 bits per heavy atom. The first-order valence-corrected chi connectivity index (χ1v) is 8.36. The molecular weight excluding hydrogens is 308 g/mol. The molecule has 1 aliphatic heterocycles. The summed E-state index contributed by atoms with van der Waals surface area (Å²) in [5.74, 6) is 0.510. The van der Waals surface area contributed by atoms with Gasteiger partial charge in [0.1, 0.15) is 5.82 Å². The maximum atomic E-state index is 12.2. The van der Waals surface area contributed by atoms with Crippen molar-refractivity contribution in [3.05, 3.63) is 23.9 Å². The molecule has 0 unspecified atom stereocenters. The second-order valence-electron chi connectivity index (χ2n) is 6.26. The summed E-state index contributed by atoms with van der Waals surface area (Å²) in [6.07, 6.45) is 2.05. The summed E-state index contributed by atoms with van der Waals surface area (Å²) in [5.41, 5.74) is 0.545. The molecule has 0 saturated carbocycles. The molecule has 2 amide bonds. The largest absolute Gasteiger partial charge is 0.375 e. The molecule has 2 N–H and O–H groups in total. The van der Waals surface area contributed by atoms with Crippen molar-refractivity contribution in [1.29, 1.82) is 0 Å².